The predicted octanol–water partition coefficient (Wildman–Crippen LogP) is 8.40. The molecule has 1 aliphatic heterocycles. The molecule has 1 N–H and O–H groups in total. The monoisotopic (exact) mass is 548 g/mol. The lowest BCUT2D eigenvalue weighted by Gasteiger charge is -2.44. The summed E-state index contributed by atoms with van der Waals surface area (Å²) in [5.74, 6) is -0.534. The molecule has 6 heteroatoms. The number of halogens is 1. The fraction of sp³-hybridized carbons (Fsp3) is 0.710. The van der Waals surface area contributed by atoms with Crippen molar-refractivity contribution in [3.63, 3.8) is 0 Å². The van der Waals surface area contributed by atoms with E-state index < -0.39 is 19.8 Å². The van der Waals surface area contributed by atoms with E-state index in [9.17, 15) is 9.90 Å². The lowest BCUT2D eigenvalue weighted by atomic mass is 9.65. The van der Waals surface area contributed by atoms with Crippen molar-refractivity contribution in [3.8, 4) is 0 Å². The molecule has 208 valence electrons. The van der Waals surface area contributed by atoms with Crippen molar-refractivity contribution in [1.29, 1.82) is 0 Å². The van der Waals surface area contributed by atoms with Gasteiger partial charge in [0.1, 0.15) is 0 Å². The van der Waals surface area contributed by atoms with Crippen LogP contribution in [-0.4, -0.2) is 38.2 Å². The van der Waals surface area contributed by atoms with Gasteiger partial charge >= 0.3 is 5.97 Å². The average molecular weight is 549 g/mol. The standard InChI is InChI=1S/C31H49ClO4Si/c1-22-11-16-26(27(29(33)34)10-8-9-23-12-14-24(32)15-13-23)28(19-37(5,6)7)25(22)17-18-31(4)35-20-30(2,3)21-36-31/h12-15,19,22,25-27H,8-11,16-18,20-21H2,1-7H3,(H,33,34)/b28-19+/t22-,25+,26+,27-/m1/s1. The highest BCUT2D eigenvalue weighted by molar-refractivity contribution is 6.81. The molecule has 1 aliphatic carbocycles. The first-order valence-electron chi connectivity index (χ1n) is 14.2. The van der Waals surface area contributed by atoms with E-state index in [4.69, 9.17) is 21.1 Å². The topological polar surface area (TPSA) is 55.8 Å². The van der Waals surface area contributed by atoms with Crippen molar-refractivity contribution in [2.45, 2.75) is 98.1 Å². The van der Waals surface area contributed by atoms with Crippen molar-refractivity contribution < 1.29 is 19.4 Å². The third kappa shape index (κ3) is 8.95. The van der Waals surface area contributed by atoms with Crippen molar-refractivity contribution >= 4 is 25.6 Å². The molecule has 0 unspecified atom stereocenters. The Morgan fingerprint density at radius 1 is 1.14 bits per heavy atom. The maximum atomic E-state index is 12.6. The van der Waals surface area contributed by atoms with Gasteiger partial charge in [-0.05, 0) is 80.9 Å². The van der Waals surface area contributed by atoms with Crippen LogP contribution < -0.4 is 0 Å². The lowest BCUT2D eigenvalue weighted by molar-refractivity contribution is -0.293. The van der Waals surface area contributed by atoms with Crippen molar-refractivity contribution in [2.75, 3.05) is 13.2 Å². The minimum absolute atomic E-state index is 0.0480. The Kier molecular flexibility index (Phi) is 10.2. The molecule has 0 aromatic heterocycles. The van der Waals surface area contributed by atoms with Gasteiger partial charge in [-0.25, -0.2) is 0 Å². The van der Waals surface area contributed by atoms with Gasteiger partial charge in [-0.3, -0.25) is 4.79 Å². The molecule has 0 radical (unpaired) electrons. The Hall–Kier alpha value is -1.14. The largest absolute Gasteiger partial charge is 0.481 e. The predicted molar refractivity (Wildman–Crippen MR) is 156 cm³/mol. The summed E-state index contributed by atoms with van der Waals surface area (Å²) in [6, 6.07) is 7.91. The number of allylic oxidation sites excluding steroid dienone is 1. The smallest absolute Gasteiger partial charge is 0.307 e. The molecule has 1 aromatic carbocycles. The van der Waals surface area contributed by atoms with Gasteiger partial charge in [0.05, 0.1) is 27.2 Å². The van der Waals surface area contributed by atoms with Gasteiger partial charge in [0.2, 0.25) is 0 Å². The van der Waals surface area contributed by atoms with Crippen molar-refractivity contribution in [2.24, 2.45) is 29.1 Å². The van der Waals surface area contributed by atoms with Gasteiger partial charge in [0.25, 0.3) is 0 Å². The number of carboxylic acids is 1. The molecule has 4 atom stereocenters. The summed E-state index contributed by atoms with van der Waals surface area (Å²) in [7, 11) is -1.56. The summed E-state index contributed by atoms with van der Waals surface area (Å²) in [5.41, 5.74) is 5.20. The molecule has 0 bridgehead atoms. The van der Waals surface area contributed by atoms with E-state index in [0.717, 1.165) is 43.5 Å². The average Bonchev–Trinajstić information content (AvgIpc) is 2.80. The van der Waals surface area contributed by atoms with Crippen LogP contribution in [0.2, 0.25) is 24.7 Å². The molecule has 3 rings (SSSR count). The molecule has 0 amide bonds. The summed E-state index contributed by atoms with van der Waals surface area (Å²) in [5, 5.41) is 11.1. The number of rotatable bonds is 10. The van der Waals surface area contributed by atoms with Crippen LogP contribution in [0.1, 0.15) is 71.8 Å². The molecule has 1 saturated carbocycles. The number of benzene rings is 1. The number of aliphatic carboxylic acids is 1. The third-order valence-electron chi connectivity index (χ3n) is 8.22. The van der Waals surface area contributed by atoms with Gasteiger partial charge in [-0.2, -0.15) is 0 Å². The molecule has 4 nitrogen and oxygen atoms in total. The summed E-state index contributed by atoms with van der Waals surface area (Å²) in [6.07, 6.45) is 6.29. The van der Waals surface area contributed by atoms with E-state index in [1.54, 1.807) is 0 Å². The summed E-state index contributed by atoms with van der Waals surface area (Å²) < 4.78 is 12.4. The number of ether oxygens (including phenoxy) is 2. The molecule has 2 fully saturated rings. The van der Waals surface area contributed by atoms with Gasteiger partial charge in [-0.1, -0.05) is 75.4 Å². The Labute approximate surface area is 231 Å². The molecular formula is C31H49ClO4Si. The minimum atomic E-state index is -1.56. The lowest BCUT2D eigenvalue weighted by Crippen LogP contribution is -2.46. The number of hydrogen-bond acceptors (Lipinski definition) is 3. The van der Waals surface area contributed by atoms with Crippen LogP contribution in [-0.2, 0) is 20.7 Å². The zero-order chi connectivity index (χ0) is 27.4. The van der Waals surface area contributed by atoms with Crippen LogP contribution in [0.4, 0.5) is 0 Å². The fourth-order valence-electron chi connectivity index (χ4n) is 6.03. The first-order valence-corrected chi connectivity index (χ1v) is 18.1. The molecule has 1 heterocycles. The number of aryl methyl sites for hydroxylation is 1. The Morgan fingerprint density at radius 2 is 1.76 bits per heavy atom. The fourth-order valence-corrected chi connectivity index (χ4v) is 7.58. The zero-order valence-electron chi connectivity index (χ0n) is 24.1. The summed E-state index contributed by atoms with van der Waals surface area (Å²) >= 11 is 6.03. The van der Waals surface area contributed by atoms with E-state index in [0.29, 0.717) is 31.5 Å². The van der Waals surface area contributed by atoms with E-state index in [2.05, 4.69) is 53.0 Å². The van der Waals surface area contributed by atoms with E-state index >= 15 is 0 Å². The van der Waals surface area contributed by atoms with Gasteiger partial charge in [0.15, 0.2) is 5.79 Å². The van der Waals surface area contributed by atoms with Crippen LogP contribution in [0.25, 0.3) is 0 Å². The zero-order valence-corrected chi connectivity index (χ0v) is 25.9. The van der Waals surface area contributed by atoms with Gasteiger partial charge < -0.3 is 14.6 Å². The quantitative estimate of drug-likeness (QED) is 0.298. The Balaban J connectivity index is 1.77. The third-order valence-corrected chi connectivity index (χ3v) is 9.67. The maximum absolute atomic E-state index is 12.6. The van der Waals surface area contributed by atoms with Gasteiger partial charge in [0, 0.05) is 16.9 Å². The first-order chi connectivity index (χ1) is 17.2. The van der Waals surface area contributed by atoms with Gasteiger partial charge in [-0.15, -0.1) is 0 Å². The van der Waals surface area contributed by atoms with Crippen molar-refractivity contribution in [3.05, 3.63) is 46.1 Å². The van der Waals surface area contributed by atoms with Crippen LogP contribution in [0.15, 0.2) is 35.5 Å². The SMILES string of the molecule is C[C@@H]1CC[C@@H]([C@@H](CCCc2ccc(Cl)cc2)C(=O)O)/C(=C/[Si](C)(C)C)[C@H]1CCC1(C)OCC(C)(C)CO1. The highest BCUT2D eigenvalue weighted by Gasteiger charge is 2.42. The van der Waals surface area contributed by atoms with E-state index in [1.165, 1.54) is 11.1 Å². The number of carbonyl (C=O) groups is 1. The van der Waals surface area contributed by atoms with Crippen LogP contribution in [0.3, 0.4) is 0 Å². The van der Waals surface area contributed by atoms with E-state index in [-0.39, 0.29) is 17.3 Å². The molecule has 37 heavy (non-hydrogen) atoms. The van der Waals surface area contributed by atoms with Crippen LogP contribution in [0.5, 0.6) is 0 Å². The molecular weight excluding hydrogens is 500 g/mol. The first kappa shape index (κ1) is 30.4. The second-order valence-electron chi connectivity index (χ2n) is 13.7. The molecule has 2 aliphatic rings. The molecule has 1 aromatic rings. The highest BCUT2D eigenvalue weighted by Crippen LogP contribution is 2.47. The number of carboxylic acid groups (broad SMARTS) is 1. The van der Waals surface area contributed by atoms with Crippen LogP contribution in [0, 0.1) is 29.1 Å². The maximum Gasteiger partial charge on any atom is 0.307 e. The summed E-state index contributed by atoms with van der Waals surface area (Å²) in [4.78, 5) is 12.6. The highest BCUT2D eigenvalue weighted by atomic mass is 35.5. The second-order valence-corrected chi connectivity index (χ2v) is 19.1. The normalized spacial score (nSPS) is 27.7. The Bertz CT molecular complexity index is 924. The molecule has 0 spiro atoms. The Morgan fingerprint density at radius 3 is 2.32 bits per heavy atom. The minimum Gasteiger partial charge on any atom is -0.481 e. The number of hydrogen-bond donors (Lipinski definition) is 1. The van der Waals surface area contributed by atoms with Crippen molar-refractivity contribution in [1.82, 2.24) is 0 Å². The van der Waals surface area contributed by atoms with Crippen LogP contribution >= 0.6 is 11.6 Å². The summed E-state index contributed by atoms with van der Waals surface area (Å²) in [6.45, 7) is 17.3. The van der Waals surface area contributed by atoms with E-state index in [1.807, 2.05) is 24.3 Å². The second kappa shape index (κ2) is 12.4. The molecule has 1 saturated heterocycles.